The standard InChI is InChI=1S/C14H38Si5/c1-15(11-17(3,4)5)13-19(9,10)14-16(2)12-18(6,7)8/h11-14H2,1-10H3. The molecular formula is C14H38Si5. The van der Waals surface area contributed by atoms with E-state index in [1.807, 2.05) is 0 Å². The molecule has 0 aliphatic heterocycles. The average Bonchev–Trinajstić information content (AvgIpc) is 1.89. The van der Waals surface area contributed by atoms with Gasteiger partial charge in [0, 0.05) is 41.8 Å². The van der Waals surface area contributed by atoms with Crippen LogP contribution >= 0.6 is 0 Å². The van der Waals surface area contributed by atoms with Crippen molar-refractivity contribution in [3.05, 3.63) is 0 Å². The van der Waals surface area contributed by atoms with E-state index >= 15 is 0 Å². The molecule has 19 heavy (non-hydrogen) atoms. The van der Waals surface area contributed by atoms with Crippen molar-refractivity contribution in [3.63, 3.8) is 0 Å². The highest BCUT2D eigenvalue weighted by molar-refractivity contribution is 7.00. The molecule has 0 N–H and O–H groups in total. The van der Waals surface area contributed by atoms with Gasteiger partial charge in [-0.1, -0.05) is 88.1 Å². The van der Waals surface area contributed by atoms with Crippen LogP contribution in [0.3, 0.4) is 0 Å². The minimum absolute atomic E-state index is 0.0411. The van der Waals surface area contributed by atoms with Gasteiger partial charge in [0.1, 0.15) is 0 Å². The van der Waals surface area contributed by atoms with Crippen molar-refractivity contribution in [1.29, 1.82) is 0 Å². The van der Waals surface area contributed by atoms with Gasteiger partial charge in [0.25, 0.3) is 0 Å². The zero-order valence-corrected chi connectivity index (χ0v) is 20.3. The van der Waals surface area contributed by atoms with Crippen LogP contribution in [0.4, 0.5) is 0 Å². The first-order valence-corrected chi connectivity index (χ1v) is 23.5. The van der Waals surface area contributed by atoms with Crippen molar-refractivity contribution in [2.24, 2.45) is 0 Å². The molecular weight excluding hydrogens is 309 g/mol. The Hall–Kier alpha value is 1.08. The van der Waals surface area contributed by atoms with E-state index in [1.54, 1.807) is 22.7 Å². The summed E-state index contributed by atoms with van der Waals surface area (Å²) >= 11 is 0. The first-order valence-electron chi connectivity index (χ1n) is 7.83. The van der Waals surface area contributed by atoms with Crippen LogP contribution in [-0.2, 0) is 0 Å². The minimum Gasteiger partial charge on any atom is -0.0715 e. The third-order valence-corrected chi connectivity index (χ3v) is 29.0. The molecule has 0 atom stereocenters. The second kappa shape index (κ2) is 7.38. The average molecular weight is 347 g/mol. The summed E-state index contributed by atoms with van der Waals surface area (Å²) in [6.07, 6.45) is 0. The van der Waals surface area contributed by atoms with Crippen molar-refractivity contribution >= 4 is 41.8 Å². The van der Waals surface area contributed by atoms with Crippen LogP contribution in [0.25, 0.3) is 0 Å². The van der Waals surface area contributed by atoms with Gasteiger partial charge < -0.3 is 0 Å². The van der Waals surface area contributed by atoms with E-state index in [1.165, 1.54) is 0 Å². The topological polar surface area (TPSA) is 0 Å². The lowest BCUT2D eigenvalue weighted by atomic mass is 11.7. The summed E-state index contributed by atoms with van der Waals surface area (Å²) < 4.78 is 0. The van der Waals surface area contributed by atoms with E-state index in [0.717, 1.165) is 0 Å². The van der Waals surface area contributed by atoms with E-state index in [-0.39, 0.29) is 17.6 Å². The zero-order chi connectivity index (χ0) is 15.5. The molecule has 0 bridgehead atoms. The fourth-order valence-corrected chi connectivity index (χ4v) is 36.1. The summed E-state index contributed by atoms with van der Waals surface area (Å²) in [6.45, 7) is 25.9. The van der Waals surface area contributed by atoms with Gasteiger partial charge in [-0.05, 0) is 0 Å². The summed E-state index contributed by atoms with van der Waals surface area (Å²) in [6, 6.07) is 0. The molecule has 0 saturated carbocycles. The lowest BCUT2D eigenvalue weighted by molar-refractivity contribution is 1.46. The molecule has 0 unspecified atom stereocenters. The first kappa shape index (κ1) is 20.1. The van der Waals surface area contributed by atoms with E-state index in [2.05, 4.69) is 65.5 Å². The van der Waals surface area contributed by atoms with E-state index < -0.39 is 24.2 Å². The van der Waals surface area contributed by atoms with Crippen molar-refractivity contribution in [3.8, 4) is 0 Å². The Morgan fingerprint density at radius 2 is 0.789 bits per heavy atom. The molecule has 0 saturated heterocycles. The quantitative estimate of drug-likeness (QED) is 0.489. The molecule has 2 radical (unpaired) electrons. The molecule has 0 aromatic carbocycles. The van der Waals surface area contributed by atoms with Crippen LogP contribution in [0.15, 0.2) is 0 Å². The van der Waals surface area contributed by atoms with Crippen LogP contribution in [0, 0.1) is 0 Å². The molecule has 0 spiro atoms. The molecule has 0 amide bonds. The number of hydrogen-bond acceptors (Lipinski definition) is 0. The fraction of sp³-hybridized carbons (Fsp3) is 1.00. The Kier molecular flexibility index (Phi) is 7.80. The Morgan fingerprint density at radius 3 is 1.00 bits per heavy atom. The molecule has 5 heteroatoms. The van der Waals surface area contributed by atoms with Crippen LogP contribution < -0.4 is 0 Å². The second-order valence-corrected chi connectivity index (χ2v) is 34.0. The smallest absolute Gasteiger partial charge is 0.0417 e. The maximum Gasteiger partial charge on any atom is 0.0417 e. The van der Waals surface area contributed by atoms with E-state index in [4.69, 9.17) is 0 Å². The molecule has 0 aliphatic carbocycles. The van der Waals surface area contributed by atoms with Gasteiger partial charge in [-0.3, -0.25) is 0 Å². The number of rotatable bonds is 8. The second-order valence-electron chi connectivity index (χ2n) is 9.91. The van der Waals surface area contributed by atoms with Crippen molar-refractivity contribution < 1.29 is 0 Å². The third kappa shape index (κ3) is 12.5. The van der Waals surface area contributed by atoms with Gasteiger partial charge in [0.05, 0.1) is 0 Å². The molecule has 0 rings (SSSR count). The summed E-state index contributed by atoms with van der Waals surface area (Å²) in [5.74, 6) is 0. The molecule has 0 aromatic rings. The minimum atomic E-state index is -0.894. The zero-order valence-electron chi connectivity index (χ0n) is 15.3. The van der Waals surface area contributed by atoms with Gasteiger partial charge in [-0.25, -0.2) is 0 Å². The SMILES string of the molecule is C[Si](C[Si](C)(C)C)C[Si](C)(C)C[Si](C)C[Si](C)(C)C. The Bertz CT molecular complexity index is 236. The Morgan fingerprint density at radius 1 is 0.526 bits per heavy atom. The van der Waals surface area contributed by atoms with Crippen molar-refractivity contribution in [1.82, 2.24) is 0 Å². The normalized spacial score (nSPS) is 14.5. The molecule has 0 heterocycles. The Labute approximate surface area is 130 Å². The van der Waals surface area contributed by atoms with Crippen LogP contribution in [0.1, 0.15) is 0 Å². The molecule has 0 fully saturated rings. The van der Waals surface area contributed by atoms with Gasteiger partial charge in [0.15, 0.2) is 0 Å². The van der Waals surface area contributed by atoms with Crippen LogP contribution in [-0.4, -0.2) is 41.8 Å². The highest BCUT2D eigenvalue weighted by Gasteiger charge is 2.30. The maximum atomic E-state index is 2.68. The fourth-order valence-electron chi connectivity index (χ4n) is 3.63. The molecule has 0 aromatic heterocycles. The van der Waals surface area contributed by atoms with Gasteiger partial charge in [-0.2, -0.15) is 0 Å². The lowest BCUT2D eigenvalue weighted by Gasteiger charge is -2.31. The van der Waals surface area contributed by atoms with Crippen molar-refractivity contribution in [2.45, 2.75) is 88.1 Å². The van der Waals surface area contributed by atoms with E-state index in [9.17, 15) is 0 Å². The molecule has 0 aliphatic rings. The predicted octanol–water partition coefficient (Wildman–Crippen LogP) is 5.78. The highest BCUT2D eigenvalue weighted by atomic mass is 28.4. The lowest BCUT2D eigenvalue weighted by Crippen LogP contribution is -2.40. The summed E-state index contributed by atoms with van der Waals surface area (Å²) in [4.78, 5) is 0. The van der Waals surface area contributed by atoms with Crippen LogP contribution in [0.5, 0.6) is 0 Å². The predicted molar refractivity (Wildman–Crippen MR) is 107 cm³/mol. The summed E-state index contributed by atoms with van der Waals surface area (Å²) in [7, 11) is -2.61. The summed E-state index contributed by atoms with van der Waals surface area (Å²) in [5.41, 5.74) is 6.62. The molecule has 114 valence electrons. The van der Waals surface area contributed by atoms with Gasteiger partial charge in [0.2, 0.25) is 0 Å². The Balaban J connectivity index is 4.31. The van der Waals surface area contributed by atoms with Crippen molar-refractivity contribution in [2.75, 3.05) is 0 Å². The summed E-state index contributed by atoms with van der Waals surface area (Å²) in [5, 5.41) is 0. The van der Waals surface area contributed by atoms with Gasteiger partial charge in [-0.15, -0.1) is 0 Å². The molecule has 0 nitrogen and oxygen atoms in total. The van der Waals surface area contributed by atoms with Gasteiger partial charge >= 0.3 is 0 Å². The monoisotopic (exact) mass is 346 g/mol. The third-order valence-electron chi connectivity index (χ3n) is 3.22. The first-order chi connectivity index (χ1) is 8.20. The highest BCUT2D eigenvalue weighted by Crippen LogP contribution is 2.25. The van der Waals surface area contributed by atoms with E-state index in [0.29, 0.717) is 0 Å². The largest absolute Gasteiger partial charge is 0.0715 e. The number of hydrogen-bond donors (Lipinski definition) is 0. The maximum absolute atomic E-state index is 2.68. The van der Waals surface area contributed by atoms with Crippen LogP contribution in [0.2, 0.25) is 88.1 Å².